The van der Waals surface area contributed by atoms with Crippen molar-refractivity contribution in [3.63, 3.8) is 0 Å². The molecule has 0 amide bonds. The van der Waals surface area contributed by atoms with E-state index in [2.05, 4.69) is 4.74 Å². The first-order valence-corrected chi connectivity index (χ1v) is 10.9. The van der Waals surface area contributed by atoms with Crippen molar-refractivity contribution in [3.05, 3.63) is 65.7 Å². The van der Waals surface area contributed by atoms with Gasteiger partial charge in [-0.25, -0.2) is 17.6 Å². The fraction of sp³-hybridized carbons (Fsp3) is 0.130. The van der Waals surface area contributed by atoms with Crippen LogP contribution in [-0.4, -0.2) is 37.0 Å². The van der Waals surface area contributed by atoms with Gasteiger partial charge in [0.15, 0.2) is 10.1 Å². The van der Waals surface area contributed by atoms with Crippen LogP contribution in [0.25, 0.3) is 38.4 Å². The molecule has 4 aromatic carbocycles. The molecule has 0 aliphatic rings. The van der Waals surface area contributed by atoms with E-state index in [9.17, 15) is 36.2 Å². The first-order chi connectivity index (χ1) is 15.5. The highest BCUT2D eigenvalue weighted by molar-refractivity contribution is 7.86. The zero-order chi connectivity index (χ0) is 24.0. The number of carbonyl (C=O) groups is 1. The monoisotopic (exact) mass is 472 g/mol. The summed E-state index contributed by atoms with van der Waals surface area (Å²) in [6.45, 7) is -1.72. The van der Waals surface area contributed by atoms with Gasteiger partial charge < -0.3 is 9.29 Å². The van der Waals surface area contributed by atoms with E-state index in [4.69, 9.17) is 0 Å². The van der Waals surface area contributed by atoms with Crippen molar-refractivity contribution in [1.29, 1.82) is 5.26 Å². The van der Waals surface area contributed by atoms with Gasteiger partial charge in [0.1, 0.15) is 18.2 Å². The van der Waals surface area contributed by atoms with Crippen molar-refractivity contribution in [1.82, 2.24) is 0 Å². The molecule has 168 valence electrons. The van der Waals surface area contributed by atoms with Crippen molar-refractivity contribution >= 4 is 54.5 Å². The number of rotatable bonds is 6. The topological polar surface area (TPSA) is 107 Å². The van der Waals surface area contributed by atoms with Gasteiger partial charge in [0, 0.05) is 0 Å². The molecule has 4 aromatic rings. The fourth-order valence-electron chi connectivity index (χ4n) is 3.66. The summed E-state index contributed by atoms with van der Waals surface area (Å²) in [7, 11) is -6.30. The Bertz CT molecular complexity index is 1560. The van der Waals surface area contributed by atoms with Crippen LogP contribution in [0.1, 0.15) is 5.56 Å². The molecule has 4 rings (SSSR count). The summed E-state index contributed by atoms with van der Waals surface area (Å²) >= 11 is 0. The van der Waals surface area contributed by atoms with E-state index in [0.29, 0.717) is 10.9 Å². The average Bonchev–Trinajstić information content (AvgIpc) is 2.78. The number of alkyl halides is 3. The maximum absolute atomic E-state index is 13.6. The first kappa shape index (κ1) is 22.5. The van der Waals surface area contributed by atoms with Gasteiger partial charge >= 0.3 is 11.2 Å². The third kappa shape index (κ3) is 3.86. The van der Waals surface area contributed by atoms with Crippen molar-refractivity contribution in [2.45, 2.75) is 11.4 Å². The van der Waals surface area contributed by atoms with Crippen molar-refractivity contribution in [2.24, 2.45) is 0 Å². The van der Waals surface area contributed by atoms with Crippen LogP contribution in [0.5, 0.6) is 0 Å². The zero-order valence-corrected chi connectivity index (χ0v) is 17.4. The van der Waals surface area contributed by atoms with Gasteiger partial charge in [-0.05, 0) is 44.0 Å². The minimum atomic E-state index is -6.30. The van der Waals surface area contributed by atoms with Gasteiger partial charge in [-0.2, -0.15) is 14.0 Å². The van der Waals surface area contributed by atoms with Crippen molar-refractivity contribution in [3.8, 4) is 6.07 Å². The molecule has 0 N–H and O–H groups in total. The maximum Gasteiger partial charge on any atom is 0.368 e. The number of hydrogen-bond donors (Lipinski definition) is 0. The normalized spacial score (nSPS) is 14.0. The number of benzene rings is 4. The smallest absolute Gasteiger partial charge is 0.368 e. The molecule has 0 aromatic heterocycles. The lowest BCUT2D eigenvalue weighted by atomic mass is 9.91. The third-order valence-corrected chi connectivity index (χ3v) is 6.18. The van der Waals surface area contributed by atoms with E-state index in [0.717, 1.165) is 26.9 Å². The minimum absolute atomic E-state index is 0.457. The molecule has 0 saturated carbocycles. The molecule has 0 bridgehead atoms. The zero-order valence-electron chi connectivity index (χ0n) is 16.6. The maximum atomic E-state index is 13.6. The highest BCUT2D eigenvalue weighted by atomic mass is 32.2. The van der Waals surface area contributed by atoms with Crippen LogP contribution in [0.15, 0.2) is 60.2 Å². The van der Waals surface area contributed by atoms with E-state index >= 15 is 0 Å². The largest absolute Gasteiger partial charge is 0.743 e. The molecular formula is C23H13F3NO5S-. The fourth-order valence-corrected chi connectivity index (χ4v) is 4.04. The lowest BCUT2D eigenvalue weighted by Gasteiger charge is -2.22. The molecule has 0 aliphatic carbocycles. The van der Waals surface area contributed by atoms with Crippen LogP contribution in [0, 0.1) is 11.3 Å². The summed E-state index contributed by atoms with van der Waals surface area (Å²) in [6, 6.07) is 18.4. The molecule has 0 fully saturated rings. The summed E-state index contributed by atoms with van der Waals surface area (Å²) < 4.78 is 75.8. The highest BCUT2D eigenvalue weighted by Crippen LogP contribution is 2.36. The summed E-state index contributed by atoms with van der Waals surface area (Å²) in [4.78, 5) is 12.2. The summed E-state index contributed by atoms with van der Waals surface area (Å²) in [5.74, 6) is -1.44. The van der Waals surface area contributed by atoms with Crippen LogP contribution in [0.2, 0.25) is 0 Å². The van der Waals surface area contributed by atoms with E-state index in [1.54, 1.807) is 18.2 Å². The Morgan fingerprint density at radius 3 is 2.24 bits per heavy atom. The molecule has 0 aliphatic heterocycles. The molecule has 0 saturated heterocycles. The second-order valence-corrected chi connectivity index (χ2v) is 8.72. The van der Waals surface area contributed by atoms with Crippen LogP contribution >= 0.6 is 0 Å². The van der Waals surface area contributed by atoms with E-state index in [1.165, 1.54) is 6.08 Å². The quantitative estimate of drug-likeness (QED) is 0.134. The van der Waals surface area contributed by atoms with Gasteiger partial charge in [-0.3, -0.25) is 0 Å². The summed E-state index contributed by atoms with van der Waals surface area (Å²) in [5.41, 5.74) is -0.163. The van der Waals surface area contributed by atoms with Gasteiger partial charge in [-0.1, -0.05) is 54.6 Å². The summed E-state index contributed by atoms with van der Waals surface area (Å²) in [6.07, 6.45) is -2.41. The number of ether oxygens (including phenoxy) is 1. The Balaban J connectivity index is 1.69. The highest BCUT2D eigenvalue weighted by Gasteiger charge is 2.48. The van der Waals surface area contributed by atoms with Crippen molar-refractivity contribution < 1.29 is 35.7 Å². The Labute approximate surface area is 185 Å². The lowest BCUT2D eigenvalue weighted by molar-refractivity contribution is -0.143. The van der Waals surface area contributed by atoms with E-state index in [1.807, 2.05) is 42.5 Å². The molecule has 1 atom stereocenters. The van der Waals surface area contributed by atoms with Crippen LogP contribution < -0.4 is 0 Å². The number of esters is 1. The van der Waals surface area contributed by atoms with Crippen LogP contribution in [0.3, 0.4) is 0 Å². The van der Waals surface area contributed by atoms with Crippen molar-refractivity contribution in [2.75, 3.05) is 6.61 Å². The first-order valence-electron chi connectivity index (χ1n) is 9.47. The Morgan fingerprint density at radius 1 is 1.06 bits per heavy atom. The van der Waals surface area contributed by atoms with Gasteiger partial charge in [0.05, 0.1) is 0 Å². The molecule has 0 heterocycles. The number of nitrogens with zero attached hydrogens (tertiary/aromatic N) is 1. The molecular weight excluding hydrogens is 459 g/mol. The number of hydrogen-bond acceptors (Lipinski definition) is 6. The molecule has 0 radical (unpaired) electrons. The van der Waals surface area contributed by atoms with Gasteiger partial charge in [0.25, 0.3) is 0 Å². The standard InChI is InChI=1S/C23H14F3NO5S/c24-19(23(25,26)33(29,30)31)12-32-22(28)17(11-27)10-16-7-6-15-5-4-13-2-1-3-14-8-9-18(16)21(15)20(13)14/h1-10,19H,12H2,(H,29,30,31)/p-1/b17-10-. The van der Waals surface area contributed by atoms with Gasteiger partial charge in [0.2, 0.25) is 6.17 Å². The molecule has 0 spiro atoms. The Hall–Kier alpha value is -3.68. The Morgan fingerprint density at radius 2 is 1.64 bits per heavy atom. The third-order valence-electron chi connectivity index (χ3n) is 5.26. The van der Waals surface area contributed by atoms with Crippen LogP contribution in [-0.2, 0) is 19.6 Å². The average molecular weight is 472 g/mol. The van der Waals surface area contributed by atoms with E-state index < -0.39 is 39.7 Å². The number of nitriles is 1. The lowest BCUT2D eigenvalue weighted by Crippen LogP contribution is -2.41. The molecule has 10 heteroatoms. The number of carbonyl (C=O) groups excluding carboxylic acids is 1. The van der Waals surface area contributed by atoms with Gasteiger partial charge in [-0.15, -0.1) is 0 Å². The van der Waals surface area contributed by atoms with E-state index in [-0.39, 0.29) is 0 Å². The molecule has 1 unspecified atom stereocenters. The second-order valence-electron chi connectivity index (χ2n) is 7.26. The molecule has 33 heavy (non-hydrogen) atoms. The minimum Gasteiger partial charge on any atom is -0.743 e. The second kappa shape index (κ2) is 8.03. The number of halogens is 3. The Kier molecular flexibility index (Phi) is 5.47. The SMILES string of the molecule is N#C/C(=C/c1ccc2ccc3cccc4ccc1c2c34)C(=O)OCC(F)C(F)(F)S(=O)(=O)[O-]. The summed E-state index contributed by atoms with van der Waals surface area (Å²) in [5, 5.41) is 9.58. The predicted molar refractivity (Wildman–Crippen MR) is 114 cm³/mol. The van der Waals surface area contributed by atoms with Crippen LogP contribution in [0.4, 0.5) is 13.2 Å². The predicted octanol–water partition coefficient (Wildman–Crippen LogP) is 4.51. The molecule has 6 nitrogen and oxygen atoms in total.